The largest absolute Gasteiger partial charge is 0.507 e. The third-order valence-electron chi connectivity index (χ3n) is 14.4. The number of hydrogen-bond donors (Lipinski definition) is 4. The zero-order valence-electron chi connectivity index (χ0n) is 47.5. The first-order chi connectivity index (χ1) is 43.5. The number of aromatic hydroxyl groups is 2. The fourth-order valence-electron chi connectivity index (χ4n) is 9.92. The molecular weight excluding hydrogens is 1160 g/mol. The van der Waals surface area contributed by atoms with E-state index in [1.54, 1.807) is 86.6 Å². The summed E-state index contributed by atoms with van der Waals surface area (Å²) in [5, 5.41) is 121. The van der Waals surface area contributed by atoms with Crippen molar-refractivity contribution in [2.45, 2.75) is 52.7 Å². The minimum Gasteiger partial charge on any atom is -0.507 e. The van der Waals surface area contributed by atoms with E-state index in [2.05, 4.69) is 61.3 Å². The Labute approximate surface area is 508 Å². The number of nitrogens with one attached hydrogen (secondary N) is 2. The fourth-order valence-corrected chi connectivity index (χ4v) is 9.92. The summed E-state index contributed by atoms with van der Waals surface area (Å²) in [5.74, 6) is 0.508. The minimum absolute atomic E-state index is 0.000808. The molecule has 2 aromatic heterocycles. The maximum atomic E-state index is 12.5. The van der Waals surface area contributed by atoms with Gasteiger partial charge in [-0.05, 0) is 108 Å². The lowest BCUT2D eigenvalue weighted by Crippen LogP contribution is -2.06. The predicted octanol–water partition coefficient (Wildman–Crippen LogP) is 16.3. The first-order valence-corrected chi connectivity index (χ1v) is 27.4. The molecule has 8 bridgehead atoms. The van der Waals surface area contributed by atoms with Crippen molar-refractivity contribution >= 4 is 68.5 Å². The van der Waals surface area contributed by atoms with Gasteiger partial charge in [0.05, 0.1) is 42.5 Å². The molecule has 448 valence electrons. The van der Waals surface area contributed by atoms with Gasteiger partial charge in [0.2, 0.25) is 11.6 Å². The van der Waals surface area contributed by atoms with E-state index < -0.39 is 19.7 Å². The molecule has 0 saturated carbocycles. The van der Waals surface area contributed by atoms with Crippen LogP contribution in [0, 0.1) is 54.3 Å². The molecule has 0 spiro atoms. The predicted molar refractivity (Wildman–Crippen MR) is 325 cm³/mol. The smallest absolute Gasteiger partial charge is 0.296 e. The Morgan fingerprint density at radius 3 is 1.10 bits per heavy atom. The minimum atomic E-state index is -0.570. The van der Waals surface area contributed by atoms with Crippen LogP contribution >= 0.6 is 0 Å². The molecule has 0 radical (unpaired) electrons. The van der Waals surface area contributed by atoms with Crippen molar-refractivity contribution in [3.8, 4) is 23.0 Å². The Morgan fingerprint density at radius 1 is 0.422 bits per heavy atom. The number of azo groups is 4. The second kappa shape index (κ2) is 25.9. The summed E-state index contributed by atoms with van der Waals surface area (Å²) >= 11 is 0. The summed E-state index contributed by atoms with van der Waals surface area (Å²) in [4.78, 5) is 44.6. The number of phenolic OH excluding ortho intramolecular Hbond substituents is 2. The highest BCUT2D eigenvalue weighted by Gasteiger charge is 2.24. The number of rotatable bonds is 18. The number of para-hydroxylation sites is 4. The van der Waals surface area contributed by atoms with Gasteiger partial charge >= 0.3 is 0 Å². The number of phenols is 2. The molecule has 28 nitrogen and oxygen atoms in total. The second-order valence-electron chi connectivity index (χ2n) is 20.5. The molecule has 0 saturated heterocycles. The Balaban J connectivity index is 1.04. The van der Waals surface area contributed by atoms with E-state index in [0.717, 1.165) is 0 Å². The van der Waals surface area contributed by atoms with Crippen molar-refractivity contribution in [1.29, 1.82) is 0 Å². The van der Waals surface area contributed by atoms with Crippen molar-refractivity contribution in [1.82, 2.24) is 20.4 Å². The molecule has 0 unspecified atom stereocenters. The summed E-state index contributed by atoms with van der Waals surface area (Å²) in [5.41, 5.74) is 5.90. The number of ether oxygens (including phenoxy) is 2. The van der Waals surface area contributed by atoms with Crippen LogP contribution in [0.3, 0.4) is 0 Å². The van der Waals surface area contributed by atoms with Crippen LogP contribution in [0.4, 0.5) is 68.5 Å². The van der Waals surface area contributed by atoms with Crippen molar-refractivity contribution in [2.24, 2.45) is 40.9 Å². The van der Waals surface area contributed by atoms with Gasteiger partial charge in [-0.3, -0.25) is 50.7 Å². The number of nitro benzene ring substituents is 4. The number of hydrogen-bond acceptors (Lipinski definition) is 22. The second-order valence-corrected chi connectivity index (χ2v) is 20.5. The molecule has 2 heterocycles. The Bertz CT molecular complexity index is 4200. The lowest BCUT2D eigenvalue weighted by atomic mass is 9.91. The topological polar surface area (TPSA) is 388 Å². The number of benzene rings is 8. The van der Waals surface area contributed by atoms with Gasteiger partial charge in [-0.25, -0.2) is 0 Å². The standard InChI is InChI=1S/C62H48N16O12/c1-35-55(69-67-51-13-3-5-15-53(51)77(85)86)61(71-63-35)73-65-47-29-43-25-39-9-7-11-41(59(39)89-33-37-17-21-49(22-18-37)75(81)82)27-45-31-48(66-74-62-56(36(2)64-72-62)70-68-52-14-4-6-16-54(52)78(87)88)32-46(58(45)80)28-42-12-8-10-40(26-44(30-47)57(43)79)60(42)90-34-38-19-23-50(24-20-38)76(83)84/h3-24,29-32,79-80H,25-28,33-34H2,1-2H3,(H,63,71)(H,64,72). The van der Waals surface area contributed by atoms with E-state index in [4.69, 9.17) is 9.47 Å². The normalized spacial score (nSPS) is 12.3. The Morgan fingerprint density at radius 2 is 0.767 bits per heavy atom. The number of fused-ring (bicyclic) bond motifs is 8. The highest BCUT2D eigenvalue weighted by molar-refractivity contribution is 5.65. The first-order valence-electron chi connectivity index (χ1n) is 27.4. The maximum Gasteiger partial charge on any atom is 0.296 e. The lowest BCUT2D eigenvalue weighted by Gasteiger charge is -2.21. The molecule has 1 aliphatic rings. The van der Waals surface area contributed by atoms with Crippen molar-refractivity contribution in [3.05, 3.63) is 265 Å². The van der Waals surface area contributed by atoms with Crippen molar-refractivity contribution in [2.75, 3.05) is 0 Å². The summed E-state index contributed by atoms with van der Waals surface area (Å²) in [6.45, 7) is 3.22. The fraction of sp³-hybridized carbons (Fsp3) is 0.129. The average Bonchev–Trinajstić information content (AvgIpc) is 2.20. The zero-order chi connectivity index (χ0) is 63.0. The van der Waals surface area contributed by atoms with Gasteiger partial charge in [0, 0.05) is 84.3 Å². The van der Waals surface area contributed by atoms with E-state index >= 15 is 0 Å². The molecular formula is C62H48N16O12. The maximum absolute atomic E-state index is 12.5. The van der Waals surface area contributed by atoms with Gasteiger partial charge in [-0.2, -0.15) is 10.2 Å². The quantitative estimate of drug-likeness (QED) is 0.0352. The van der Waals surface area contributed by atoms with E-state index in [1.807, 2.05) is 24.3 Å². The molecule has 0 amide bonds. The molecule has 0 fully saturated rings. The van der Waals surface area contributed by atoms with E-state index in [0.29, 0.717) is 78.5 Å². The highest BCUT2D eigenvalue weighted by Crippen LogP contribution is 2.43. The van der Waals surface area contributed by atoms with Crippen LogP contribution in [-0.4, -0.2) is 50.3 Å². The van der Waals surface area contributed by atoms with Gasteiger partial charge in [0.25, 0.3) is 22.7 Å². The third-order valence-corrected chi connectivity index (χ3v) is 14.4. The highest BCUT2D eigenvalue weighted by atomic mass is 16.6. The third kappa shape index (κ3) is 13.3. The molecule has 1 aliphatic carbocycles. The lowest BCUT2D eigenvalue weighted by molar-refractivity contribution is -0.385. The van der Waals surface area contributed by atoms with E-state index in [-0.39, 0.29) is 119 Å². The molecule has 4 N–H and O–H groups in total. The number of non-ortho nitro benzene ring substituents is 2. The Hall–Kier alpha value is -12.6. The van der Waals surface area contributed by atoms with Crippen molar-refractivity contribution < 1.29 is 39.4 Å². The van der Waals surface area contributed by atoms with E-state index in [1.165, 1.54) is 60.7 Å². The SMILES string of the molecule is Cc1[nH]nc(N=Nc2cc3c(O)c(c2)Cc2cccc(c2OCc2ccc([N+](=O)[O-])cc2)Cc2cc(N=Nc4n[nH]c(C)c4N=Nc4ccccc4[N+](=O)[O-])cc(c2O)Cc2cccc(c2OCc2ccc([N+](=O)[O-])cc2)C3)c1N=Nc1ccccc1[N+](=O)[O-]. The summed E-state index contributed by atoms with van der Waals surface area (Å²) < 4.78 is 13.4. The number of H-pyrrole nitrogens is 2. The van der Waals surface area contributed by atoms with Crippen LogP contribution in [0.15, 0.2) is 199 Å². The number of nitrogens with zero attached hydrogens (tertiary/aromatic N) is 14. The number of nitro groups is 4. The van der Waals surface area contributed by atoms with Crippen molar-refractivity contribution in [3.63, 3.8) is 0 Å². The molecule has 0 aliphatic heterocycles. The number of aromatic nitrogens is 4. The number of aryl methyl sites for hydroxylation is 2. The van der Waals surface area contributed by atoms with Gasteiger partial charge in [-0.1, -0.05) is 60.7 Å². The molecule has 0 atom stereocenters. The zero-order valence-corrected chi connectivity index (χ0v) is 47.5. The molecule has 90 heavy (non-hydrogen) atoms. The molecule has 10 aromatic rings. The van der Waals surface area contributed by atoms with Gasteiger partial charge in [-0.15, -0.1) is 40.9 Å². The average molecular weight is 1210 g/mol. The summed E-state index contributed by atoms with van der Waals surface area (Å²) in [6.07, 6.45) is 0.0471. The van der Waals surface area contributed by atoms with Crippen LogP contribution in [-0.2, 0) is 38.9 Å². The van der Waals surface area contributed by atoms with Crippen LogP contribution in [0.25, 0.3) is 0 Å². The van der Waals surface area contributed by atoms with Crippen LogP contribution in [0.1, 0.15) is 67.0 Å². The Kier molecular flexibility index (Phi) is 17.0. The number of aromatic amines is 2. The van der Waals surface area contributed by atoms with Gasteiger partial charge in [0.15, 0.2) is 22.7 Å². The van der Waals surface area contributed by atoms with Crippen LogP contribution < -0.4 is 9.47 Å². The summed E-state index contributed by atoms with van der Waals surface area (Å²) in [7, 11) is 0. The molecule has 28 heteroatoms. The summed E-state index contributed by atoms with van der Waals surface area (Å²) in [6, 6.07) is 40.9. The molecule has 11 rings (SSSR count). The molecule has 8 aromatic carbocycles. The van der Waals surface area contributed by atoms with E-state index in [9.17, 15) is 50.7 Å². The first kappa shape index (κ1) is 59.1. The van der Waals surface area contributed by atoms with Crippen LogP contribution in [0.5, 0.6) is 23.0 Å². The van der Waals surface area contributed by atoms with Gasteiger partial charge < -0.3 is 19.7 Å². The van der Waals surface area contributed by atoms with Crippen LogP contribution in [0.2, 0.25) is 0 Å². The monoisotopic (exact) mass is 1210 g/mol. The van der Waals surface area contributed by atoms with Gasteiger partial charge in [0.1, 0.15) is 36.2 Å².